The van der Waals surface area contributed by atoms with Gasteiger partial charge in [-0.15, -0.1) is 0 Å². The summed E-state index contributed by atoms with van der Waals surface area (Å²) < 4.78 is 10.1. The molecule has 0 fully saturated rings. The minimum Gasteiger partial charge on any atom is -0.496 e. The summed E-state index contributed by atoms with van der Waals surface area (Å²) in [6.07, 6.45) is 0. The molecule has 132 valence electrons. The first-order valence-electron chi connectivity index (χ1n) is 7.66. The predicted molar refractivity (Wildman–Crippen MR) is 94.3 cm³/mol. The molecule has 8 nitrogen and oxygen atoms in total. The molecular weight excluding hydrogens is 338 g/mol. The van der Waals surface area contributed by atoms with Crippen molar-refractivity contribution in [2.24, 2.45) is 0 Å². The maximum absolute atomic E-state index is 12.8. The molecule has 1 N–H and O–H groups in total. The average Bonchev–Trinajstić information content (AvgIpc) is 3.04. The summed E-state index contributed by atoms with van der Waals surface area (Å²) in [5, 5.41) is 17.8. The van der Waals surface area contributed by atoms with Gasteiger partial charge in [0.25, 0.3) is 11.6 Å². The van der Waals surface area contributed by atoms with Crippen LogP contribution >= 0.6 is 0 Å². The van der Waals surface area contributed by atoms with Crippen molar-refractivity contribution in [2.75, 3.05) is 12.4 Å². The monoisotopic (exact) mass is 353 g/mol. The SMILES string of the molecule is COc1ccc(NC(=O)c2c(-c3ccccc3)noc2C)c([N+](=O)[O-])c1. The molecule has 3 rings (SSSR count). The molecule has 1 amide bonds. The fourth-order valence-corrected chi connectivity index (χ4v) is 2.51. The number of nitrogens with one attached hydrogen (secondary N) is 1. The highest BCUT2D eigenvalue weighted by atomic mass is 16.6. The zero-order chi connectivity index (χ0) is 18.7. The molecule has 0 saturated heterocycles. The van der Waals surface area contributed by atoms with Crippen molar-refractivity contribution in [2.45, 2.75) is 6.92 Å². The van der Waals surface area contributed by atoms with Crippen LogP contribution < -0.4 is 10.1 Å². The molecule has 2 aromatic carbocycles. The number of rotatable bonds is 5. The second-order valence-corrected chi connectivity index (χ2v) is 5.42. The molecule has 0 radical (unpaired) electrons. The van der Waals surface area contributed by atoms with Crippen LogP contribution in [-0.4, -0.2) is 23.1 Å². The van der Waals surface area contributed by atoms with Crippen molar-refractivity contribution in [3.63, 3.8) is 0 Å². The molecule has 0 aliphatic rings. The lowest BCUT2D eigenvalue weighted by atomic mass is 10.1. The lowest BCUT2D eigenvalue weighted by molar-refractivity contribution is -0.384. The summed E-state index contributed by atoms with van der Waals surface area (Å²) in [6.45, 7) is 1.61. The molecule has 0 aliphatic carbocycles. The van der Waals surface area contributed by atoms with Gasteiger partial charge in [-0.3, -0.25) is 14.9 Å². The molecule has 0 saturated carbocycles. The van der Waals surface area contributed by atoms with E-state index in [9.17, 15) is 14.9 Å². The Morgan fingerprint density at radius 2 is 1.96 bits per heavy atom. The standard InChI is InChI=1S/C18H15N3O5/c1-11-16(17(20-26-11)12-6-4-3-5-7-12)18(22)19-14-9-8-13(25-2)10-15(14)21(23)24/h3-10H,1-2H3,(H,19,22). The molecule has 0 unspecified atom stereocenters. The third-order valence-corrected chi connectivity index (χ3v) is 3.79. The van der Waals surface area contributed by atoms with E-state index in [4.69, 9.17) is 9.26 Å². The summed E-state index contributed by atoms with van der Waals surface area (Å²) in [7, 11) is 1.41. The summed E-state index contributed by atoms with van der Waals surface area (Å²) in [6, 6.07) is 13.3. The quantitative estimate of drug-likeness (QED) is 0.552. The number of ether oxygens (including phenoxy) is 1. The largest absolute Gasteiger partial charge is 0.496 e. The van der Waals surface area contributed by atoms with Gasteiger partial charge in [0.1, 0.15) is 28.5 Å². The Kier molecular flexibility index (Phi) is 4.66. The second kappa shape index (κ2) is 7.06. The van der Waals surface area contributed by atoms with Gasteiger partial charge in [-0.25, -0.2) is 0 Å². The highest BCUT2D eigenvalue weighted by Crippen LogP contribution is 2.31. The Balaban J connectivity index is 1.98. The van der Waals surface area contributed by atoms with Gasteiger partial charge in [0.05, 0.1) is 18.1 Å². The van der Waals surface area contributed by atoms with Gasteiger partial charge in [-0.05, 0) is 19.1 Å². The number of benzene rings is 2. The summed E-state index contributed by atoms with van der Waals surface area (Å²) in [5.41, 5.74) is 1.09. The van der Waals surface area contributed by atoms with Crippen LogP contribution in [0.15, 0.2) is 53.1 Å². The third-order valence-electron chi connectivity index (χ3n) is 3.79. The number of nitrogens with zero attached hydrogens (tertiary/aromatic N) is 2. The zero-order valence-electron chi connectivity index (χ0n) is 14.1. The number of anilines is 1. The van der Waals surface area contributed by atoms with Crippen LogP contribution in [0.2, 0.25) is 0 Å². The third kappa shape index (κ3) is 3.25. The molecule has 3 aromatic rings. The van der Waals surface area contributed by atoms with E-state index in [-0.39, 0.29) is 16.9 Å². The van der Waals surface area contributed by atoms with E-state index in [2.05, 4.69) is 10.5 Å². The van der Waals surface area contributed by atoms with E-state index in [1.807, 2.05) is 18.2 Å². The van der Waals surface area contributed by atoms with E-state index >= 15 is 0 Å². The van der Waals surface area contributed by atoms with Crippen molar-refractivity contribution in [1.82, 2.24) is 5.16 Å². The second-order valence-electron chi connectivity index (χ2n) is 5.42. The van der Waals surface area contributed by atoms with E-state index in [0.29, 0.717) is 22.8 Å². The van der Waals surface area contributed by atoms with E-state index in [1.54, 1.807) is 19.1 Å². The van der Waals surface area contributed by atoms with Crippen LogP contribution in [0.3, 0.4) is 0 Å². The Hall–Kier alpha value is -3.68. The first-order valence-corrected chi connectivity index (χ1v) is 7.66. The Morgan fingerprint density at radius 1 is 1.23 bits per heavy atom. The lowest BCUT2D eigenvalue weighted by Crippen LogP contribution is -2.14. The Morgan fingerprint density at radius 3 is 2.62 bits per heavy atom. The summed E-state index contributed by atoms with van der Waals surface area (Å²) in [5.74, 6) is 0.0919. The summed E-state index contributed by atoms with van der Waals surface area (Å²) in [4.78, 5) is 23.4. The molecule has 1 aromatic heterocycles. The van der Waals surface area contributed by atoms with Crippen LogP contribution in [0.4, 0.5) is 11.4 Å². The molecular formula is C18H15N3O5. The van der Waals surface area contributed by atoms with Crippen molar-refractivity contribution in [3.05, 3.63) is 70.0 Å². The molecule has 0 aliphatic heterocycles. The lowest BCUT2D eigenvalue weighted by Gasteiger charge is -2.08. The van der Waals surface area contributed by atoms with Crippen molar-refractivity contribution < 1.29 is 19.0 Å². The number of aryl methyl sites for hydroxylation is 1. The zero-order valence-corrected chi connectivity index (χ0v) is 14.1. The average molecular weight is 353 g/mol. The number of nitro benzene ring substituents is 1. The Labute approximate surface area is 148 Å². The number of carbonyl (C=O) groups is 1. The van der Waals surface area contributed by atoms with Gasteiger partial charge in [-0.1, -0.05) is 35.5 Å². The van der Waals surface area contributed by atoms with Crippen molar-refractivity contribution in [3.8, 4) is 17.0 Å². The Bertz CT molecular complexity index is 966. The van der Waals surface area contributed by atoms with Crippen LogP contribution in [0.5, 0.6) is 5.75 Å². The van der Waals surface area contributed by atoms with Gasteiger partial charge in [-0.2, -0.15) is 0 Å². The number of carbonyl (C=O) groups excluding carboxylic acids is 1. The van der Waals surface area contributed by atoms with E-state index in [1.165, 1.54) is 25.3 Å². The normalized spacial score (nSPS) is 10.4. The van der Waals surface area contributed by atoms with Crippen LogP contribution in [-0.2, 0) is 0 Å². The van der Waals surface area contributed by atoms with Crippen LogP contribution in [0.25, 0.3) is 11.3 Å². The first-order chi connectivity index (χ1) is 12.5. The topological polar surface area (TPSA) is 108 Å². The minimum absolute atomic E-state index is 0.0559. The molecule has 26 heavy (non-hydrogen) atoms. The van der Waals surface area contributed by atoms with Gasteiger partial charge >= 0.3 is 0 Å². The highest BCUT2D eigenvalue weighted by molar-refractivity contribution is 6.09. The van der Waals surface area contributed by atoms with Crippen molar-refractivity contribution >= 4 is 17.3 Å². The molecule has 0 atom stereocenters. The van der Waals surface area contributed by atoms with Crippen molar-refractivity contribution in [1.29, 1.82) is 0 Å². The molecule has 8 heteroatoms. The van der Waals surface area contributed by atoms with Gasteiger partial charge in [0.15, 0.2) is 0 Å². The van der Waals surface area contributed by atoms with Gasteiger partial charge in [0.2, 0.25) is 0 Å². The molecule has 0 spiro atoms. The fourth-order valence-electron chi connectivity index (χ4n) is 2.51. The predicted octanol–water partition coefficient (Wildman–Crippen LogP) is 3.82. The van der Waals surface area contributed by atoms with E-state index in [0.717, 1.165) is 0 Å². The molecule has 0 bridgehead atoms. The summed E-state index contributed by atoms with van der Waals surface area (Å²) >= 11 is 0. The van der Waals surface area contributed by atoms with Crippen LogP contribution in [0.1, 0.15) is 16.1 Å². The van der Waals surface area contributed by atoms with Gasteiger partial charge < -0.3 is 14.6 Å². The minimum atomic E-state index is -0.587. The highest BCUT2D eigenvalue weighted by Gasteiger charge is 2.24. The van der Waals surface area contributed by atoms with Gasteiger partial charge in [0, 0.05) is 5.56 Å². The maximum atomic E-state index is 12.8. The number of hydrogen-bond donors (Lipinski definition) is 1. The molecule has 1 heterocycles. The maximum Gasteiger partial charge on any atom is 0.296 e. The number of aromatic nitrogens is 1. The number of hydrogen-bond acceptors (Lipinski definition) is 6. The number of nitro groups is 1. The first kappa shape index (κ1) is 17.2. The van der Waals surface area contributed by atoms with E-state index < -0.39 is 10.8 Å². The number of methoxy groups -OCH3 is 1. The van der Waals surface area contributed by atoms with Crippen LogP contribution in [0, 0.1) is 17.0 Å². The fraction of sp³-hybridized carbons (Fsp3) is 0.111. The number of amides is 1. The smallest absolute Gasteiger partial charge is 0.296 e.